The first-order chi connectivity index (χ1) is 8.75. The van der Waals surface area contributed by atoms with Crippen LogP contribution in [0.4, 0.5) is 5.69 Å². The van der Waals surface area contributed by atoms with Crippen molar-refractivity contribution in [2.75, 3.05) is 5.32 Å². The van der Waals surface area contributed by atoms with Crippen molar-refractivity contribution in [3.8, 4) is 0 Å². The van der Waals surface area contributed by atoms with Gasteiger partial charge in [-0.3, -0.25) is 4.79 Å². The molecule has 18 heavy (non-hydrogen) atoms. The molecule has 2 rings (SSSR count). The van der Waals surface area contributed by atoms with Gasteiger partial charge in [0.05, 0.1) is 18.7 Å². The van der Waals surface area contributed by atoms with Gasteiger partial charge in [-0.25, -0.2) is 0 Å². The Morgan fingerprint density at radius 3 is 2.83 bits per heavy atom. The van der Waals surface area contributed by atoms with Gasteiger partial charge in [-0.1, -0.05) is 18.2 Å². The zero-order chi connectivity index (χ0) is 12.8. The fraction of sp³-hybridized carbons (Fsp3) is 0.357. The summed E-state index contributed by atoms with van der Waals surface area (Å²) < 4.78 is 5.51. The van der Waals surface area contributed by atoms with Crippen LogP contribution in [-0.4, -0.2) is 23.2 Å². The summed E-state index contributed by atoms with van der Waals surface area (Å²) in [5, 5.41) is 12.2. The van der Waals surface area contributed by atoms with Crippen LogP contribution in [0.2, 0.25) is 0 Å². The molecular weight excluding hydrogens is 230 g/mol. The standard InChI is InChI=1S/C14H17NO3/c16-14(17)10-12(13-8-4-5-9-18-13)15-11-6-2-1-3-7-11/h1-3,5-7,9,12-13,15H,4,8,10H2,(H,16,17). The van der Waals surface area contributed by atoms with E-state index in [1.165, 1.54) is 0 Å². The highest BCUT2D eigenvalue weighted by atomic mass is 16.5. The van der Waals surface area contributed by atoms with Crippen molar-refractivity contribution in [3.05, 3.63) is 42.7 Å². The quantitative estimate of drug-likeness (QED) is 0.839. The third-order valence-electron chi connectivity index (χ3n) is 2.94. The first-order valence-electron chi connectivity index (χ1n) is 6.09. The number of nitrogens with one attached hydrogen (secondary N) is 1. The molecule has 2 atom stereocenters. The zero-order valence-electron chi connectivity index (χ0n) is 10.1. The molecule has 0 bridgehead atoms. The average molecular weight is 247 g/mol. The summed E-state index contributed by atoms with van der Waals surface area (Å²) in [5.74, 6) is -0.818. The van der Waals surface area contributed by atoms with Crippen LogP contribution in [0, 0.1) is 0 Å². The summed E-state index contributed by atoms with van der Waals surface area (Å²) in [7, 11) is 0. The monoisotopic (exact) mass is 247 g/mol. The van der Waals surface area contributed by atoms with Crippen LogP contribution < -0.4 is 5.32 Å². The highest BCUT2D eigenvalue weighted by molar-refractivity contribution is 5.68. The zero-order valence-corrected chi connectivity index (χ0v) is 10.1. The third-order valence-corrected chi connectivity index (χ3v) is 2.94. The van der Waals surface area contributed by atoms with Crippen LogP contribution in [0.5, 0.6) is 0 Å². The van der Waals surface area contributed by atoms with E-state index in [4.69, 9.17) is 9.84 Å². The number of carboxylic acids is 1. The molecule has 1 aromatic carbocycles. The van der Waals surface area contributed by atoms with Gasteiger partial charge in [0.1, 0.15) is 6.10 Å². The molecule has 96 valence electrons. The normalized spacial score (nSPS) is 19.9. The number of allylic oxidation sites excluding steroid dienone is 1. The summed E-state index contributed by atoms with van der Waals surface area (Å²) in [4.78, 5) is 10.9. The number of aliphatic carboxylic acids is 1. The molecule has 4 nitrogen and oxygen atoms in total. The highest BCUT2D eigenvalue weighted by Crippen LogP contribution is 2.20. The van der Waals surface area contributed by atoms with Crippen molar-refractivity contribution in [2.24, 2.45) is 0 Å². The Kier molecular flexibility index (Phi) is 4.23. The molecule has 2 unspecified atom stereocenters. The van der Waals surface area contributed by atoms with Gasteiger partial charge in [-0.2, -0.15) is 0 Å². The molecule has 0 aromatic heterocycles. The van der Waals surface area contributed by atoms with E-state index in [2.05, 4.69) is 5.32 Å². The number of para-hydroxylation sites is 1. The lowest BCUT2D eigenvalue weighted by atomic mass is 10.0. The number of carbonyl (C=O) groups is 1. The van der Waals surface area contributed by atoms with Crippen LogP contribution in [0.1, 0.15) is 19.3 Å². The average Bonchev–Trinajstić information content (AvgIpc) is 2.40. The van der Waals surface area contributed by atoms with Gasteiger partial charge in [0, 0.05) is 5.69 Å². The Bertz CT molecular complexity index is 416. The first-order valence-corrected chi connectivity index (χ1v) is 6.09. The molecule has 4 heteroatoms. The lowest BCUT2D eigenvalue weighted by Gasteiger charge is -2.28. The van der Waals surface area contributed by atoms with E-state index in [-0.39, 0.29) is 18.6 Å². The maximum atomic E-state index is 10.9. The Morgan fingerprint density at radius 2 is 2.22 bits per heavy atom. The Hall–Kier alpha value is -1.97. The molecule has 0 amide bonds. The van der Waals surface area contributed by atoms with E-state index in [1.807, 2.05) is 36.4 Å². The summed E-state index contributed by atoms with van der Waals surface area (Å²) in [6.07, 6.45) is 5.34. The fourth-order valence-electron chi connectivity index (χ4n) is 2.06. The minimum Gasteiger partial charge on any atom is -0.496 e. The van der Waals surface area contributed by atoms with Crippen LogP contribution in [-0.2, 0) is 9.53 Å². The van der Waals surface area contributed by atoms with Crippen LogP contribution in [0.3, 0.4) is 0 Å². The molecule has 0 saturated carbocycles. The lowest BCUT2D eigenvalue weighted by molar-refractivity contribution is -0.137. The first kappa shape index (κ1) is 12.5. The van der Waals surface area contributed by atoms with Crippen molar-refractivity contribution in [3.63, 3.8) is 0 Å². The van der Waals surface area contributed by atoms with Gasteiger partial charge < -0.3 is 15.2 Å². The second-order valence-electron chi connectivity index (χ2n) is 4.34. The number of hydrogen-bond donors (Lipinski definition) is 2. The SMILES string of the molecule is O=C(O)CC(Nc1ccccc1)C1CCC=CO1. The Balaban J connectivity index is 2.04. The van der Waals surface area contributed by atoms with Crippen molar-refractivity contribution < 1.29 is 14.6 Å². The van der Waals surface area contributed by atoms with Crippen molar-refractivity contribution in [2.45, 2.75) is 31.4 Å². The van der Waals surface area contributed by atoms with Gasteiger partial charge in [-0.15, -0.1) is 0 Å². The van der Waals surface area contributed by atoms with E-state index in [0.717, 1.165) is 18.5 Å². The number of benzene rings is 1. The smallest absolute Gasteiger partial charge is 0.305 e. The minimum atomic E-state index is -0.818. The van der Waals surface area contributed by atoms with E-state index in [9.17, 15) is 4.79 Å². The number of hydrogen-bond acceptors (Lipinski definition) is 3. The van der Waals surface area contributed by atoms with Crippen molar-refractivity contribution in [1.82, 2.24) is 0 Å². The van der Waals surface area contributed by atoms with Crippen molar-refractivity contribution in [1.29, 1.82) is 0 Å². The summed E-state index contributed by atoms with van der Waals surface area (Å²) in [5.41, 5.74) is 0.918. The van der Waals surface area contributed by atoms with Gasteiger partial charge in [0.25, 0.3) is 0 Å². The number of rotatable bonds is 5. The van der Waals surface area contributed by atoms with Gasteiger partial charge >= 0.3 is 5.97 Å². The topological polar surface area (TPSA) is 58.6 Å². The van der Waals surface area contributed by atoms with Gasteiger partial charge in [-0.05, 0) is 31.1 Å². The van der Waals surface area contributed by atoms with Gasteiger partial charge in [0.2, 0.25) is 0 Å². The number of anilines is 1. The van der Waals surface area contributed by atoms with Gasteiger partial charge in [0.15, 0.2) is 0 Å². The molecule has 1 aliphatic heterocycles. The van der Waals surface area contributed by atoms with Crippen LogP contribution in [0.25, 0.3) is 0 Å². The predicted octanol–water partition coefficient (Wildman–Crippen LogP) is 2.63. The second kappa shape index (κ2) is 6.10. The molecular formula is C14H17NO3. The van der Waals surface area contributed by atoms with Crippen LogP contribution in [0.15, 0.2) is 42.7 Å². The molecule has 0 fully saturated rings. The summed E-state index contributed by atoms with van der Waals surface area (Å²) in [6, 6.07) is 9.40. The molecule has 0 saturated heterocycles. The molecule has 0 radical (unpaired) electrons. The highest BCUT2D eigenvalue weighted by Gasteiger charge is 2.25. The molecule has 1 aromatic rings. The lowest BCUT2D eigenvalue weighted by Crippen LogP contribution is -2.37. The predicted molar refractivity (Wildman–Crippen MR) is 69.4 cm³/mol. The van der Waals surface area contributed by atoms with Crippen LogP contribution >= 0.6 is 0 Å². The van der Waals surface area contributed by atoms with E-state index in [0.29, 0.717) is 0 Å². The third kappa shape index (κ3) is 3.52. The minimum absolute atomic E-state index is 0.0490. The van der Waals surface area contributed by atoms with E-state index in [1.54, 1.807) is 6.26 Å². The van der Waals surface area contributed by atoms with E-state index < -0.39 is 5.97 Å². The maximum absolute atomic E-state index is 10.9. The summed E-state index contributed by atoms with van der Waals surface area (Å²) >= 11 is 0. The molecule has 1 aliphatic rings. The maximum Gasteiger partial charge on any atom is 0.305 e. The summed E-state index contributed by atoms with van der Waals surface area (Å²) in [6.45, 7) is 0. The molecule has 0 aliphatic carbocycles. The second-order valence-corrected chi connectivity index (χ2v) is 4.34. The number of ether oxygens (including phenoxy) is 1. The Labute approximate surface area is 106 Å². The molecule has 1 heterocycles. The molecule has 0 spiro atoms. The fourth-order valence-corrected chi connectivity index (χ4v) is 2.06. The molecule has 2 N–H and O–H groups in total. The Morgan fingerprint density at radius 1 is 1.44 bits per heavy atom. The van der Waals surface area contributed by atoms with Crippen molar-refractivity contribution >= 4 is 11.7 Å². The largest absolute Gasteiger partial charge is 0.496 e. The van der Waals surface area contributed by atoms with E-state index >= 15 is 0 Å². The number of carboxylic acid groups (broad SMARTS) is 1.